The molecular weight excluding hydrogens is 277 g/mol. The first-order valence-corrected chi connectivity index (χ1v) is 7.96. The van der Waals surface area contributed by atoms with Gasteiger partial charge in [0.05, 0.1) is 11.2 Å². The predicted octanol–water partition coefficient (Wildman–Crippen LogP) is 2.58. The molecule has 0 bridgehead atoms. The van der Waals surface area contributed by atoms with E-state index in [0.717, 1.165) is 17.6 Å². The number of carbonyl (C=O) groups excluding carboxylic acids is 1. The Bertz CT molecular complexity index is 566. The second-order valence-electron chi connectivity index (χ2n) is 7.52. The van der Waals surface area contributed by atoms with Gasteiger partial charge in [0.15, 0.2) is 0 Å². The topological polar surface area (TPSA) is 47.6 Å². The normalized spacial score (nSPS) is 28.5. The Morgan fingerprint density at radius 1 is 1.14 bits per heavy atom. The number of hydrogen-bond donors (Lipinski definition) is 1. The van der Waals surface area contributed by atoms with E-state index in [1.165, 1.54) is 0 Å². The number of amides is 1. The van der Waals surface area contributed by atoms with E-state index >= 15 is 0 Å². The minimum atomic E-state index is -0.363. The van der Waals surface area contributed by atoms with Crippen molar-refractivity contribution in [1.82, 2.24) is 0 Å². The SMILES string of the molecule is CC1CC1C(=O)Nc1ccc(B2OC(C)(C)C(C)(C)O2)cc1. The van der Waals surface area contributed by atoms with Gasteiger partial charge in [0.1, 0.15) is 0 Å². The lowest BCUT2D eigenvalue weighted by Crippen LogP contribution is -2.41. The molecule has 2 fully saturated rings. The number of nitrogens with one attached hydrogen (secondary N) is 1. The first-order chi connectivity index (χ1) is 10.2. The number of benzene rings is 1. The summed E-state index contributed by atoms with van der Waals surface area (Å²) in [5.74, 6) is 0.822. The van der Waals surface area contributed by atoms with E-state index < -0.39 is 0 Å². The van der Waals surface area contributed by atoms with Crippen LogP contribution < -0.4 is 10.8 Å². The summed E-state index contributed by atoms with van der Waals surface area (Å²) >= 11 is 0. The molecule has 1 aliphatic carbocycles. The van der Waals surface area contributed by atoms with Crippen molar-refractivity contribution >= 4 is 24.2 Å². The lowest BCUT2D eigenvalue weighted by atomic mass is 9.79. The maximum atomic E-state index is 11.9. The zero-order valence-electron chi connectivity index (χ0n) is 14.0. The van der Waals surface area contributed by atoms with E-state index in [2.05, 4.69) is 12.2 Å². The van der Waals surface area contributed by atoms with E-state index in [1.807, 2.05) is 52.0 Å². The average Bonchev–Trinajstić information content (AvgIpc) is 3.10. The molecule has 2 unspecified atom stereocenters. The summed E-state index contributed by atoms with van der Waals surface area (Å²) in [6.07, 6.45) is 0.998. The van der Waals surface area contributed by atoms with Gasteiger partial charge in [-0.1, -0.05) is 19.1 Å². The van der Waals surface area contributed by atoms with Crippen molar-refractivity contribution in [2.75, 3.05) is 5.32 Å². The molecule has 118 valence electrons. The van der Waals surface area contributed by atoms with Gasteiger partial charge in [-0.05, 0) is 57.6 Å². The van der Waals surface area contributed by atoms with E-state index in [1.54, 1.807) is 0 Å². The predicted molar refractivity (Wildman–Crippen MR) is 88.1 cm³/mol. The Hall–Kier alpha value is -1.33. The average molecular weight is 301 g/mol. The van der Waals surface area contributed by atoms with Gasteiger partial charge in [0.25, 0.3) is 0 Å². The van der Waals surface area contributed by atoms with Crippen LogP contribution in [0.15, 0.2) is 24.3 Å². The molecule has 1 heterocycles. The molecule has 1 amide bonds. The van der Waals surface area contributed by atoms with E-state index in [4.69, 9.17) is 9.31 Å². The largest absolute Gasteiger partial charge is 0.494 e. The van der Waals surface area contributed by atoms with Crippen molar-refractivity contribution in [3.63, 3.8) is 0 Å². The monoisotopic (exact) mass is 301 g/mol. The molecule has 3 rings (SSSR count). The summed E-state index contributed by atoms with van der Waals surface area (Å²) in [6.45, 7) is 10.3. The van der Waals surface area contributed by atoms with Gasteiger partial charge in [0.2, 0.25) is 5.91 Å². The summed E-state index contributed by atoms with van der Waals surface area (Å²) in [6, 6.07) is 7.72. The van der Waals surface area contributed by atoms with E-state index in [9.17, 15) is 4.79 Å². The van der Waals surface area contributed by atoms with Crippen LogP contribution in [-0.4, -0.2) is 24.2 Å². The van der Waals surface area contributed by atoms with Crippen molar-refractivity contribution in [3.8, 4) is 0 Å². The molecule has 5 heteroatoms. The van der Waals surface area contributed by atoms with Crippen LogP contribution in [0.2, 0.25) is 0 Å². The maximum Gasteiger partial charge on any atom is 0.494 e. The van der Waals surface area contributed by atoms with Crippen molar-refractivity contribution in [3.05, 3.63) is 24.3 Å². The zero-order chi connectivity index (χ0) is 16.1. The van der Waals surface area contributed by atoms with Gasteiger partial charge in [-0.2, -0.15) is 0 Å². The van der Waals surface area contributed by atoms with Gasteiger partial charge >= 0.3 is 7.12 Å². The Morgan fingerprint density at radius 3 is 2.09 bits per heavy atom. The summed E-state index contributed by atoms with van der Waals surface area (Å²) in [5.41, 5.74) is 1.11. The smallest absolute Gasteiger partial charge is 0.399 e. The molecule has 4 nitrogen and oxygen atoms in total. The fraction of sp³-hybridized carbons (Fsp3) is 0.588. The first kappa shape index (κ1) is 15.6. The molecule has 2 aliphatic rings. The second kappa shape index (κ2) is 5.10. The highest BCUT2D eigenvalue weighted by Gasteiger charge is 2.51. The van der Waals surface area contributed by atoms with Gasteiger partial charge in [-0.25, -0.2) is 0 Å². The molecule has 1 saturated carbocycles. The minimum absolute atomic E-state index is 0.121. The quantitative estimate of drug-likeness (QED) is 0.873. The molecule has 1 aromatic rings. The Balaban J connectivity index is 1.66. The van der Waals surface area contributed by atoms with Crippen LogP contribution in [0.25, 0.3) is 0 Å². The van der Waals surface area contributed by atoms with Gasteiger partial charge in [-0.15, -0.1) is 0 Å². The second-order valence-corrected chi connectivity index (χ2v) is 7.52. The molecule has 1 saturated heterocycles. The summed E-state index contributed by atoms with van der Waals surface area (Å²) in [7, 11) is -0.363. The maximum absolute atomic E-state index is 11.9. The van der Waals surface area contributed by atoms with Crippen LogP contribution in [-0.2, 0) is 14.1 Å². The molecular formula is C17H24BNO3. The van der Waals surface area contributed by atoms with Crippen molar-refractivity contribution in [1.29, 1.82) is 0 Å². The van der Waals surface area contributed by atoms with E-state index in [-0.39, 0.29) is 30.1 Å². The summed E-state index contributed by atoms with van der Waals surface area (Å²) in [5, 5.41) is 2.96. The van der Waals surface area contributed by atoms with Gasteiger partial charge in [-0.3, -0.25) is 4.79 Å². The third kappa shape index (κ3) is 2.80. The lowest BCUT2D eigenvalue weighted by Gasteiger charge is -2.32. The van der Waals surface area contributed by atoms with Crippen LogP contribution in [0.1, 0.15) is 41.0 Å². The molecule has 0 radical (unpaired) electrons. The van der Waals surface area contributed by atoms with Crippen LogP contribution in [0, 0.1) is 11.8 Å². The molecule has 1 N–H and O–H groups in total. The third-order valence-electron chi connectivity index (χ3n) is 5.15. The number of anilines is 1. The molecule has 22 heavy (non-hydrogen) atoms. The van der Waals surface area contributed by atoms with Crippen LogP contribution >= 0.6 is 0 Å². The fourth-order valence-electron chi connectivity index (χ4n) is 2.63. The highest BCUT2D eigenvalue weighted by molar-refractivity contribution is 6.62. The molecule has 1 aromatic carbocycles. The van der Waals surface area contributed by atoms with Gasteiger partial charge in [0, 0.05) is 11.6 Å². The molecule has 0 aromatic heterocycles. The Morgan fingerprint density at radius 2 is 1.64 bits per heavy atom. The first-order valence-electron chi connectivity index (χ1n) is 7.96. The molecule has 0 spiro atoms. The summed E-state index contributed by atoms with van der Waals surface area (Å²) < 4.78 is 12.0. The summed E-state index contributed by atoms with van der Waals surface area (Å²) in [4.78, 5) is 11.9. The Labute approximate surface area is 132 Å². The number of rotatable bonds is 3. The Kier molecular flexibility index (Phi) is 3.61. The molecule has 2 atom stereocenters. The van der Waals surface area contributed by atoms with Crippen molar-refractivity contribution in [2.24, 2.45) is 11.8 Å². The zero-order valence-corrected chi connectivity index (χ0v) is 14.0. The minimum Gasteiger partial charge on any atom is -0.399 e. The lowest BCUT2D eigenvalue weighted by molar-refractivity contribution is -0.117. The van der Waals surface area contributed by atoms with Crippen LogP contribution in [0.4, 0.5) is 5.69 Å². The van der Waals surface area contributed by atoms with E-state index in [0.29, 0.717) is 5.92 Å². The highest BCUT2D eigenvalue weighted by Crippen LogP contribution is 2.38. The fourth-order valence-corrected chi connectivity index (χ4v) is 2.63. The van der Waals surface area contributed by atoms with Crippen molar-refractivity contribution < 1.29 is 14.1 Å². The molecule has 1 aliphatic heterocycles. The van der Waals surface area contributed by atoms with Crippen molar-refractivity contribution in [2.45, 2.75) is 52.2 Å². The van der Waals surface area contributed by atoms with Gasteiger partial charge < -0.3 is 14.6 Å². The standard InChI is InChI=1S/C17H24BNO3/c1-11-10-14(11)15(20)19-13-8-6-12(7-9-13)18-21-16(2,3)17(4,5)22-18/h6-9,11,14H,10H2,1-5H3,(H,19,20). The highest BCUT2D eigenvalue weighted by atomic mass is 16.7. The third-order valence-corrected chi connectivity index (χ3v) is 5.15. The number of hydrogen-bond acceptors (Lipinski definition) is 3. The number of carbonyl (C=O) groups is 1. The van der Waals surface area contributed by atoms with Crippen LogP contribution in [0.3, 0.4) is 0 Å². The van der Waals surface area contributed by atoms with Crippen LogP contribution in [0.5, 0.6) is 0 Å².